The third-order valence-corrected chi connectivity index (χ3v) is 5.81. The molecule has 26 heavy (non-hydrogen) atoms. The van der Waals surface area contributed by atoms with E-state index in [2.05, 4.69) is 71.0 Å². The number of anilines is 1. The van der Waals surface area contributed by atoms with E-state index < -0.39 is 6.10 Å². The molecule has 4 nitrogen and oxygen atoms in total. The Hall–Kier alpha value is -1.63. The quantitative estimate of drug-likeness (QED) is 0.547. The summed E-state index contributed by atoms with van der Waals surface area (Å²) in [6.07, 6.45) is 7.19. The Kier molecular flexibility index (Phi) is 5.16. The smallest absolute Gasteiger partial charge is 0.0891 e. The van der Waals surface area contributed by atoms with E-state index in [1.807, 2.05) is 12.1 Å². The maximum atomic E-state index is 10.6. The minimum Gasteiger partial charge on any atom is -0.389 e. The zero-order valence-corrected chi connectivity index (χ0v) is 17.3. The van der Waals surface area contributed by atoms with Crippen LogP contribution in [0.1, 0.15) is 17.7 Å². The first-order valence-electron chi connectivity index (χ1n) is 8.60. The van der Waals surface area contributed by atoms with Crippen LogP contribution in [0.4, 0.5) is 5.69 Å². The second-order valence-electron chi connectivity index (χ2n) is 6.49. The lowest BCUT2D eigenvalue weighted by Crippen LogP contribution is -2.26. The first-order valence-corrected chi connectivity index (χ1v) is 10.2. The summed E-state index contributed by atoms with van der Waals surface area (Å²) < 4.78 is 4.57. The van der Waals surface area contributed by atoms with E-state index in [-0.39, 0.29) is 0 Å². The molecule has 0 fully saturated rings. The molecule has 1 aliphatic rings. The van der Waals surface area contributed by atoms with Crippen LogP contribution in [0, 0.1) is 0 Å². The number of nitrogens with one attached hydrogen (secondary N) is 1. The van der Waals surface area contributed by atoms with Gasteiger partial charge in [0.1, 0.15) is 0 Å². The highest BCUT2D eigenvalue weighted by molar-refractivity contribution is 9.11. The van der Waals surface area contributed by atoms with Crippen molar-refractivity contribution in [1.29, 1.82) is 0 Å². The number of aliphatic hydroxyl groups excluding tert-OH is 1. The Bertz CT molecular complexity index is 966. The molecule has 1 aliphatic carbocycles. The predicted molar refractivity (Wildman–Crippen MR) is 114 cm³/mol. The highest BCUT2D eigenvalue weighted by Gasteiger charge is 2.21. The average molecular weight is 477 g/mol. The molecule has 4 rings (SSSR count). The largest absolute Gasteiger partial charge is 0.389 e. The van der Waals surface area contributed by atoms with Crippen LogP contribution >= 0.6 is 31.9 Å². The number of aliphatic hydroxyl groups is 1. The van der Waals surface area contributed by atoms with Crippen LogP contribution in [-0.4, -0.2) is 27.3 Å². The molecule has 0 aliphatic heterocycles. The molecule has 0 saturated carbocycles. The van der Waals surface area contributed by atoms with E-state index in [0.29, 0.717) is 13.1 Å². The Balaban J connectivity index is 1.62. The van der Waals surface area contributed by atoms with Crippen molar-refractivity contribution in [3.63, 3.8) is 0 Å². The van der Waals surface area contributed by atoms with Crippen LogP contribution < -0.4 is 5.32 Å². The van der Waals surface area contributed by atoms with Crippen LogP contribution in [0.5, 0.6) is 0 Å². The fourth-order valence-corrected chi connectivity index (χ4v) is 4.28. The number of hydrogen-bond donors (Lipinski definition) is 2. The van der Waals surface area contributed by atoms with Crippen molar-refractivity contribution >= 4 is 54.5 Å². The van der Waals surface area contributed by atoms with Gasteiger partial charge in [-0.25, -0.2) is 0 Å². The molecule has 6 heteroatoms. The van der Waals surface area contributed by atoms with E-state index in [4.69, 9.17) is 0 Å². The van der Waals surface area contributed by atoms with Crippen molar-refractivity contribution in [3.8, 4) is 0 Å². The summed E-state index contributed by atoms with van der Waals surface area (Å²) in [5, 5.41) is 15.1. The number of aromatic nitrogens is 2. The van der Waals surface area contributed by atoms with Crippen LogP contribution in [-0.2, 0) is 13.0 Å². The number of hydrogen-bond acceptors (Lipinski definition) is 3. The number of benzene rings is 1. The molecule has 0 saturated heterocycles. The number of nitrogens with zero attached hydrogens (tertiary/aromatic N) is 2. The summed E-state index contributed by atoms with van der Waals surface area (Å²) in [6, 6.07) is 10.2. The van der Waals surface area contributed by atoms with E-state index in [1.165, 1.54) is 26.6 Å². The highest BCUT2D eigenvalue weighted by Crippen LogP contribution is 2.36. The van der Waals surface area contributed by atoms with Gasteiger partial charge in [-0.1, -0.05) is 31.9 Å². The lowest BCUT2D eigenvalue weighted by atomic mass is 10.0. The van der Waals surface area contributed by atoms with Gasteiger partial charge in [-0.15, -0.1) is 0 Å². The second kappa shape index (κ2) is 7.55. The average Bonchev–Trinajstić information content (AvgIpc) is 2.93. The number of allylic oxidation sites excluding steroid dienone is 1. The topological polar surface area (TPSA) is 50.1 Å². The Morgan fingerprint density at radius 1 is 1.15 bits per heavy atom. The summed E-state index contributed by atoms with van der Waals surface area (Å²) in [5.41, 5.74) is 4.69. The maximum absolute atomic E-state index is 10.6. The number of pyridine rings is 1. The van der Waals surface area contributed by atoms with Crippen LogP contribution in [0.2, 0.25) is 0 Å². The molecule has 134 valence electrons. The lowest BCUT2D eigenvalue weighted by Gasteiger charge is -2.18. The van der Waals surface area contributed by atoms with Crippen LogP contribution in [0.25, 0.3) is 17.0 Å². The lowest BCUT2D eigenvalue weighted by molar-refractivity contribution is 0.167. The predicted octanol–water partition coefficient (Wildman–Crippen LogP) is 4.95. The molecule has 1 aromatic carbocycles. The fraction of sp³-hybridized carbons (Fsp3) is 0.250. The Labute approximate surface area is 169 Å². The molecular weight excluding hydrogens is 458 g/mol. The van der Waals surface area contributed by atoms with Crippen molar-refractivity contribution in [2.24, 2.45) is 0 Å². The third kappa shape index (κ3) is 3.59. The second-order valence-corrected chi connectivity index (χ2v) is 8.43. The normalized spacial score (nSPS) is 14.8. The summed E-state index contributed by atoms with van der Waals surface area (Å²) in [4.78, 5) is 4.01. The van der Waals surface area contributed by atoms with Crippen molar-refractivity contribution in [2.75, 3.05) is 11.9 Å². The van der Waals surface area contributed by atoms with Gasteiger partial charge in [-0.05, 0) is 53.7 Å². The SMILES string of the molecule is OC(CNc1ccncc1)Cn1c2c(c3cc(Br)ccc31)C=C(Br)CC2. The van der Waals surface area contributed by atoms with Gasteiger partial charge in [0, 0.05) is 51.3 Å². The first kappa shape index (κ1) is 17.8. The summed E-state index contributed by atoms with van der Waals surface area (Å²) in [6.45, 7) is 1.06. The summed E-state index contributed by atoms with van der Waals surface area (Å²) in [5.74, 6) is 0. The molecule has 0 radical (unpaired) electrons. The number of fused-ring (bicyclic) bond motifs is 3. The molecule has 3 aromatic rings. The summed E-state index contributed by atoms with van der Waals surface area (Å²) in [7, 11) is 0. The van der Waals surface area contributed by atoms with Crippen LogP contribution in [0.3, 0.4) is 0 Å². The van der Waals surface area contributed by atoms with E-state index in [9.17, 15) is 5.11 Å². The van der Waals surface area contributed by atoms with Crippen molar-refractivity contribution in [1.82, 2.24) is 9.55 Å². The van der Waals surface area contributed by atoms with Gasteiger partial charge in [0.25, 0.3) is 0 Å². The van der Waals surface area contributed by atoms with Gasteiger partial charge in [-0.2, -0.15) is 0 Å². The fourth-order valence-electron chi connectivity index (χ4n) is 3.49. The van der Waals surface area contributed by atoms with Gasteiger partial charge in [-0.3, -0.25) is 4.98 Å². The van der Waals surface area contributed by atoms with Gasteiger partial charge in [0.15, 0.2) is 0 Å². The Morgan fingerprint density at radius 2 is 1.96 bits per heavy atom. The molecule has 0 spiro atoms. The van der Waals surface area contributed by atoms with Crippen LogP contribution in [0.15, 0.2) is 51.7 Å². The van der Waals surface area contributed by atoms with Gasteiger partial charge >= 0.3 is 0 Å². The van der Waals surface area contributed by atoms with E-state index in [1.54, 1.807) is 12.4 Å². The van der Waals surface area contributed by atoms with E-state index in [0.717, 1.165) is 23.0 Å². The minimum absolute atomic E-state index is 0.485. The molecule has 2 heterocycles. The van der Waals surface area contributed by atoms with Gasteiger partial charge in [0.05, 0.1) is 12.6 Å². The first-order chi connectivity index (χ1) is 12.6. The third-order valence-electron chi connectivity index (χ3n) is 4.69. The molecule has 0 bridgehead atoms. The summed E-state index contributed by atoms with van der Waals surface area (Å²) >= 11 is 7.23. The van der Waals surface area contributed by atoms with Crippen molar-refractivity contribution < 1.29 is 5.11 Å². The molecule has 0 amide bonds. The Morgan fingerprint density at radius 3 is 2.77 bits per heavy atom. The zero-order chi connectivity index (χ0) is 18.1. The maximum Gasteiger partial charge on any atom is 0.0891 e. The molecular formula is C20H19Br2N3O. The van der Waals surface area contributed by atoms with Gasteiger partial charge < -0.3 is 15.0 Å². The van der Waals surface area contributed by atoms with E-state index >= 15 is 0 Å². The zero-order valence-electron chi connectivity index (χ0n) is 14.1. The standard InChI is InChI=1S/C20H19Br2N3O/c21-13-1-3-19-17(9-13)18-10-14(22)2-4-20(18)25(19)12-16(26)11-24-15-5-7-23-8-6-15/h1,3,5-10,16,26H,2,4,11-12H2,(H,23,24). The monoisotopic (exact) mass is 475 g/mol. The van der Waals surface area contributed by atoms with Crippen molar-refractivity contribution in [3.05, 3.63) is 62.9 Å². The number of halogens is 2. The van der Waals surface area contributed by atoms with Gasteiger partial charge in [0.2, 0.25) is 0 Å². The molecule has 2 N–H and O–H groups in total. The molecule has 1 atom stereocenters. The number of rotatable bonds is 5. The van der Waals surface area contributed by atoms with Crippen molar-refractivity contribution in [2.45, 2.75) is 25.5 Å². The molecule has 1 unspecified atom stereocenters. The molecule has 2 aromatic heterocycles. The highest BCUT2D eigenvalue weighted by atomic mass is 79.9. The minimum atomic E-state index is -0.485.